The summed E-state index contributed by atoms with van der Waals surface area (Å²) in [6.45, 7) is 0.706. The molecule has 0 saturated heterocycles. The van der Waals surface area contributed by atoms with Crippen LogP contribution in [0.1, 0.15) is 15.9 Å². The summed E-state index contributed by atoms with van der Waals surface area (Å²) in [7, 11) is 0. The molecular weight excluding hydrogens is 154 g/mol. The Labute approximate surface area is 70.1 Å². The minimum atomic E-state index is -0.385. The molecule has 1 heterocycles. The molecule has 1 aromatic rings. The van der Waals surface area contributed by atoms with Crippen molar-refractivity contribution in [1.29, 1.82) is 0 Å². The Balaban J connectivity index is 2.45. The normalized spacial score (nSPS) is 13.7. The molecule has 0 aliphatic carbocycles. The number of nitrogens with two attached hydrogens (primary N) is 1. The van der Waals surface area contributed by atoms with Gasteiger partial charge in [-0.15, -0.1) is 0 Å². The molecule has 0 radical (unpaired) electrons. The number of primary amides is 1. The highest BCUT2D eigenvalue weighted by atomic mass is 16.5. The Morgan fingerprint density at radius 2 is 2.33 bits per heavy atom. The van der Waals surface area contributed by atoms with Gasteiger partial charge in [0.15, 0.2) is 0 Å². The van der Waals surface area contributed by atoms with Gasteiger partial charge >= 0.3 is 0 Å². The third kappa shape index (κ3) is 1.03. The van der Waals surface area contributed by atoms with Crippen molar-refractivity contribution < 1.29 is 9.53 Å². The van der Waals surface area contributed by atoms with Gasteiger partial charge in [-0.2, -0.15) is 0 Å². The van der Waals surface area contributed by atoms with E-state index in [1.54, 1.807) is 18.2 Å². The van der Waals surface area contributed by atoms with Crippen LogP contribution >= 0.6 is 0 Å². The molecule has 2 rings (SSSR count). The standard InChI is InChI=1S/C9H9NO2/c10-9(11)7-1-2-8-6(5-7)3-4-12-8/h1-2,5H,3-4H2,(H2,10,11). The van der Waals surface area contributed by atoms with Crippen LogP contribution in [0.2, 0.25) is 0 Å². The first-order valence-electron chi connectivity index (χ1n) is 3.83. The molecule has 1 aromatic carbocycles. The van der Waals surface area contributed by atoms with Crippen LogP contribution in [-0.4, -0.2) is 12.5 Å². The molecular formula is C9H9NO2. The zero-order valence-electron chi connectivity index (χ0n) is 6.54. The fourth-order valence-electron chi connectivity index (χ4n) is 1.34. The van der Waals surface area contributed by atoms with Crippen molar-refractivity contribution in [1.82, 2.24) is 0 Å². The van der Waals surface area contributed by atoms with Gasteiger partial charge in [0.25, 0.3) is 0 Å². The van der Waals surface area contributed by atoms with Gasteiger partial charge in [-0.05, 0) is 23.8 Å². The Kier molecular flexibility index (Phi) is 1.50. The molecule has 0 fully saturated rings. The average Bonchev–Trinajstić information content (AvgIpc) is 2.49. The minimum absolute atomic E-state index is 0.385. The highest BCUT2D eigenvalue weighted by Crippen LogP contribution is 2.25. The Bertz CT molecular complexity index is 333. The summed E-state index contributed by atoms with van der Waals surface area (Å²) in [4.78, 5) is 10.8. The van der Waals surface area contributed by atoms with Crippen molar-refractivity contribution in [2.45, 2.75) is 6.42 Å². The molecule has 12 heavy (non-hydrogen) atoms. The summed E-state index contributed by atoms with van der Waals surface area (Å²) in [5.41, 5.74) is 6.76. The number of hydrogen-bond donors (Lipinski definition) is 1. The van der Waals surface area contributed by atoms with E-state index in [2.05, 4.69) is 0 Å². The number of ether oxygens (including phenoxy) is 1. The molecule has 0 unspecified atom stereocenters. The van der Waals surface area contributed by atoms with Crippen molar-refractivity contribution in [3.8, 4) is 5.75 Å². The van der Waals surface area contributed by atoms with Crippen LogP contribution < -0.4 is 10.5 Å². The van der Waals surface area contributed by atoms with Crippen LogP contribution in [0.15, 0.2) is 18.2 Å². The summed E-state index contributed by atoms with van der Waals surface area (Å²) in [6.07, 6.45) is 0.871. The van der Waals surface area contributed by atoms with E-state index < -0.39 is 0 Å². The molecule has 1 aliphatic heterocycles. The number of carbonyl (C=O) groups excluding carboxylic acids is 1. The van der Waals surface area contributed by atoms with Crippen LogP contribution in [0.4, 0.5) is 0 Å². The van der Waals surface area contributed by atoms with Crippen LogP contribution in [0.3, 0.4) is 0 Å². The van der Waals surface area contributed by atoms with Crippen molar-refractivity contribution in [2.24, 2.45) is 5.73 Å². The molecule has 0 spiro atoms. The predicted molar refractivity (Wildman–Crippen MR) is 44.2 cm³/mol. The number of benzene rings is 1. The second kappa shape index (κ2) is 2.52. The summed E-state index contributed by atoms with van der Waals surface area (Å²) in [6, 6.07) is 5.28. The molecule has 0 aromatic heterocycles. The van der Waals surface area contributed by atoms with Crippen molar-refractivity contribution in [3.63, 3.8) is 0 Å². The maximum atomic E-state index is 10.8. The molecule has 3 nitrogen and oxygen atoms in total. The van der Waals surface area contributed by atoms with Gasteiger partial charge in [-0.25, -0.2) is 0 Å². The topological polar surface area (TPSA) is 52.3 Å². The zero-order valence-corrected chi connectivity index (χ0v) is 6.54. The molecule has 0 atom stereocenters. The van der Waals surface area contributed by atoms with Crippen LogP contribution in [0.25, 0.3) is 0 Å². The minimum Gasteiger partial charge on any atom is -0.493 e. The van der Waals surface area contributed by atoms with Gasteiger partial charge in [-0.3, -0.25) is 4.79 Å². The van der Waals surface area contributed by atoms with E-state index in [-0.39, 0.29) is 5.91 Å². The fraction of sp³-hybridized carbons (Fsp3) is 0.222. The van der Waals surface area contributed by atoms with Crippen molar-refractivity contribution >= 4 is 5.91 Å². The zero-order chi connectivity index (χ0) is 8.55. The fourth-order valence-corrected chi connectivity index (χ4v) is 1.34. The van der Waals surface area contributed by atoms with E-state index in [4.69, 9.17) is 10.5 Å². The molecule has 0 saturated carbocycles. The van der Waals surface area contributed by atoms with Crippen molar-refractivity contribution in [2.75, 3.05) is 6.61 Å². The summed E-state index contributed by atoms with van der Waals surface area (Å²) < 4.78 is 5.28. The third-order valence-corrected chi connectivity index (χ3v) is 1.97. The molecule has 62 valence electrons. The van der Waals surface area contributed by atoms with Gasteiger partial charge in [0.2, 0.25) is 5.91 Å². The van der Waals surface area contributed by atoms with Crippen molar-refractivity contribution in [3.05, 3.63) is 29.3 Å². The number of hydrogen-bond acceptors (Lipinski definition) is 2. The first-order chi connectivity index (χ1) is 5.77. The molecule has 0 bridgehead atoms. The monoisotopic (exact) mass is 163 g/mol. The quantitative estimate of drug-likeness (QED) is 0.663. The first kappa shape index (κ1) is 7.16. The lowest BCUT2D eigenvalue weighted by molar-refractivity contribution is 0.1000. The smallest absolute Gasteiger partial charge is 0.248 e. The van der Waals surface area contributed by atoms with E-state index in [1.165, 1.54) is 0 Å². The first-order valence-corrected chi connectivity index (χ1v) is 3.83. The molecule has 2 N–H and O–H groups in total. The Morgan fingerprint density at radius 3 is 3.08 bits per heavy atom. The highest BCUT2D eigenvalue weighted by Gasteiger charge is 2.13. The Hall–Kier alpha value is -1.51. The molecule has 1 aliphatic rings. The molecule has 3 heteroatoms. The lowest BCUT2D eigenvalue weighted by atomic mass is 10.1. The van der Waals surface area contributed by atoms with Crippen LogP contribution in [-0.2, 0) is 6.42 Å². The number of fused-ring (bicyclic) bond motifs is 1. The summed E-state index contributed by atoms with van der Waals surface area (Å²) in [5.74, 6) is 0.490. The predicted octanol–water partition coefficient (Wildman–Crippen LogP) is 0.720. The number of amides is 1. The van der Waals surface area contributed by atoms with E-state index in [0.717, 1.165) is 17.7 Å². The number of rotatable bonds is 1. The van der Waals surface area contributed by atoms with E-state index in [0.29, 0.717) is 12.2 Å². The van der Waals surface area contributed by atoms with Gasteiger partial charge < -0.3 is 10.5 Å². The number of carbonyl (C=O) groups is 1. The molecule has 1 amide bonds. The average molecular weight is 163 g/mol. The SMILES string of the molecule is NC(=O)c1ccc2c(c1)CCO2. The van der Waals surface area contributed by atoms with Crippen LogP contribution in [0.5, 0.6) is 5.75 Å². The maximum Gasteiger partial charge on any atom is 0.248 e. The second-order valence-electron chi connectivity index (χ2n) is 2.79. The second-order valence-corrected chi connectivity index (χ2v) is 2.79. The highest BCUT2D eigenvalue weighted by molar-refractivity contribution is 5.93. The summed E-state index contributed by atoms with van der Waals surface area (Å²) >= 11 is 0. The van der Waals surface area contributed by atoms with E-state index in [1.807, 2.05) is 0 Å². The Morgan fingerprint density at radius 1 is 1.50 bits per heavy atom. The van der Waals surface area contributed by atoms with E-state index in [9.17, 15) is 4.79 Å². The summed E-state index contributed by atoms with van der Waals surface area (Å²) in [5, 5.41) is 0. The third-order valence-electron chi connectivity index (χ3n) is 1.97. The van der Waals surface area contributed by atoms with Gasteiger partial charge in [0.1, 0.15) is 5.75 Å². The van der Waals surface area contributed by atoms with Gasteiger partial charge in [0.05, 0.1) is 6.61 Å². The van der Waals surface area contributed by atoms with Crippen LogP contribution in [0, 0.1) is 0 Å². The lowest BCUT2D eigenvalue weighted by Gasteiger charge is -1.99. The maximum absolute atomic E-state index is 10.8. The largest absolute Gasteiger partial charge is 0.493 e. The van der Waals surface area contributed by atoms with Gasteiger partial charge in [-0.1, -0.05) is 0 Å². The lowest BCUT2D eigenvalue weighted by Crippen LogP contribution is -2.10. The van der Waals surface area contributed by atoms with Gasteiger partial charge in [0, 0.05) is 12.0 Å². The van der Waals surface area contributed by atoms with E-state index >= 15 is 0 Å².